The predicted molar refractivity (Wildman–Crippen MR) is 104 cm³/mol. The third kappa shape index (κ3) is 4.51. The molecule has 3 aromatic carbocycles. The Balaban J connectivity index is 1.49. The van der Waals surface area contributed by atoms with Gasteiger partial charge in [-0.25, -0.2) is 0 Å². The molecule has 0 amide bonds. The van der Waals surface area contributed by atoms with Crippen LogP contribution in [0.5, 0.6) is 0 Å². The highest BCUT2D eigenvalue weighted by molar-refractivity contribution is 7.51. The second kappa shape index (κ2) is 8.23. The summed E-state index contributed by atoms with van der Waals surface area (Å²) in [6.45, 7) is 0. The second-order valence-corrected chi connectivity index (χ2v) is 8.02. The van der Waals surface area contributed by atoms with E-state index in [2.05, 4.69) is 84.9 Å². The molecule has 0 radical (unpaired) electrons. The number of benzene rings is 3. The van der Waals surface area contributed by atoms with Crippen LogP contribution in [0.4, 0.5) is 0 Å². The van der Waals surface area contributed by atoms with Gasteiger partial charge in [-0.2, -0.15) is 0 Å². The summed E-state index contributed by atoms with van der Waals surface area (Å²) in [7, 11) is 1.86. The van der Waals surface area contributed by atoms with E-state index in [1.165, 1.54) is 34.1 Å². The van der Waals surface area contributed by atoms with E-state index in [4.69, 9.17) is 0 Å². The molecule has 0 aromatic heterocycles. The van der Waals surface area contributed by atoms with Gasteiger partial charge in [-0.15, -0.1) is 0 Å². The Kier molecular flexibility index (Phi) is 5.77. The van der Waals surface area contributed by atoms with E-state index in [0.29, 0.717) is 0 Å². The van der Waals surface area contributed by atoms with E-state index in [9.17, 15) is 0 Å². The van der Waals surface area contributed by atoms with Gasteiger partial charge >= 0.3 is 0 Å². The summed E-state index contributed by atoms with van der Waals surface area (Å²) in [4.78, 5) is 0. The largest absolute Gasteiger partial charge is 0.0900 e. The van der Waals surface area contributed by atoms with Gasteiger partial charge in [-0.1, -0.05) is 102 Å². The van der Waals surface area contributed by atoms with Crippen LogP contribution in [0.3, 0.4) is 0 Å². The molecule has 2 unspecified atom stereocenters. The number of hydrogen-bond acceptors (Lipinski definition) is 0. The summed E-state index contributed by atoms with van der Waals surface area (Å²) in [5, 5.41) is 2.95. The topological polar surface area (TPSA) is 0 Å². The molecular weight excluding hydrogens is 302 g/mol. The number of hydrogen-bond donors (Lipinski definition) is 0. The molecule has 0 saturated carbocycles. The first kappa shape index (κ1) is 15.4. The Morgan fingerprint density at radius 1 is 0.455 bits per heavy atom. The molecule has 3 aromatic rings. The van der Waals surface area contributed by atoms with Gasteiger partial charge in [-0.05, 0) is 34.1 Å². The summed E-state index contributed by atoms with van der Waals surface area (Å²) in [5.41, 5.74) is 2.60. The standard InChI is InChI=1S/C20H20P2/c1-3-7-17(8-4-1)18-11-13-20(14-12-18)22-16-15-21-19-9-5-2-6-10-19/h1-14,21-22H,15-16H2. The average molecular weight is 322 g/mol. The quantitative estimate of drug-likeness (QED) is 0.457. The Morgan fingerprint density at radius 2 is 0.909 bits per heavy atom. The Hall–Kier alpha value is -1.48. The third-order valence-corrected chi connectivity index (χ3v) is 6.53. The van der Waals surface area contributed by atoms with Gasteiger partial charge < -0.3 is 0 Å². The lowest BCUT2D eigenvalue weighted by molar-refractivity contribution is 1.54. The number of rotatable bonds is 6. The molecular formula is C20H20P2. The summed E-state index contributed by atoms with van der Waals surface area (Å²) in [5.74, 6) is 0. The summed E-state index contributed by atoms with van der Waals surface area (Å²) in [6, 6.07) is 30.5. The third-order valence-electron chi connectivity index (χ3n) is 3.55. The summed E-state index contributed by atoms with van der Waals surface area (Å²) >= 11 is 0. The normalized spacial score (nSPS) is 11.6. The first-order chi connectivity index (χ1) is 10.9. The lowest BCUT2D eigenvalue weighted by Gasteiger charge is -2.05. The van der Waals surface area contributed by atoms with Crippen molar-refractivity contribution in [1.82, 2.24) is 0 Å². The molecule has 0 aliphatic rings. The van der Waals surface area contributed by atoms with Crippen LogP contribution in [-0.2, 0) is 0 Å². The predicted octanol–water partition coefficient (Wildman–Crippen LogP) is 4.66. The fourth-order valence-electron chi connectivity index (χ4n) is 2.38. The average Bonchev–Trinajstić information content (AvgIpc) is 2.61. The zero-order valence-electron chi connectivity index (χ0n) is 12.5. The van der Waals surface area contributed by atoms with E-state index >= 15 is 0 Å². The Morgan fingerprint density at radius 3 is 1.50 bits per heavy atom. The van der Waals surface area contributed by atoms with Crippen molar-refractivity contribution in [2.75, 3.05) is 12.3 Å². The summed E-state index contributed by atoms with van der Waals surface area (Å²) < 4.78 is 0. The van der Waals surface area contributed by atoms with Crippen LogP contribution in [0.15, 0.2) is 84.9 Å². The van der Waals surface area contributed by atoms with Crippen LogP contribution in [-0.4, -0.2) is 12.3 Å². The van der Waals surface area contributed by atoms with Crippen LogP contribution in [0.1, 0.15) is 0 Å². The van der Waals surface area contributed by atoms with E-state index in [1.807, 2.05) is 0 Å². The molecule has 0 nitrogen and oxygen atoms in total. The van der Waals surface area contributed by atoms with Crippen molar-refractivity contribution in [3.05, 3.63) is 84.9 Å². The molecule has 3 rings (SSSR count). The molecule has 0 spiro atoms. The maximum atomic E-state index is 2.28. The first-order valence-electron chi connectivity index (χ1n) is 7.60. The lowest BCUT2D eigenvalue weighted by Crippen LogP contribution is -1.98. The van der Waals surface area contributed by atoms with Crippen molar-refractivity contribution in [3.8, 4) is 11.1 Å². The van der Waals surface area contributed by atoms with Gasteiger partial charge in [0.1, 0.15) is 0 Å². The van der Waals surface area contributed by atoms with Gasteiger partial charge in [0.25, 0.3) is 0 Å². The zero-order valence-corrected chi connectivity index (χ0v) is 14.5. The van der Waals surface area contributed by atoms with Gasteiger partial charge in [0.2, 0.25) is 0 Å². The highest BCUT2D eigenvalue weighted by atomic mass is 31.1. The molecule has 2 atom stereocenters. The van der Waals surface area contributed by atoms with E-state index in [-0.39, 0.29) is 0 Å². The van der Waals surface area contributed by atoms with Crippen LogP contribution < -0.4 is 10.6 Å². The maximum Gasteiger partial charge on any atom is -0.0184 e. The van der Waals surface area contributed by atoms with E-state index in [0.717, 1.165) is 17.2 Å². The van der Waals surface area contributed by atoms with Crippen molar-refractivity contribution in [2.24, 2.45) is 0 Å². The molecule has 0 saturated heterocycles. The van der Waals surface area contributed by atoms with Gasteiger partial charge in [0.15, 0.2) is 0 Å². The molecule has 0 heterocycles. The summed E-state index contributed by atoms with van der Waals surface area (Å²) in [6.07, 6.45) is 2.58. The zero-order chi connectivity index (χ0) is 15.0. The smallest absolute Gasteiger partial charge is 0.0184 e. The van der Waals surface area contributed by atoms with Crippen molar-refractivity contribution in [2.45, 2.75) is 0 Å². The van der Waals surface area contributed by atoms with Crippen LogP contribution in [0, 0.1) is 0 Å². The highest BCUT2D eigenvalue weighted by Crippen LogP contribution is 2.21. The van der Waals surface area contributed by atoms with Crippen LogP contribution >= 0.6 is 17.2 Å². The molecule has 0 bridgehead atoms. The minimum absolute atomic E-state index is 0.917. The van der Waals surface area contributed by atoms with Gasteiger partial charge in [0, 0.05) is 0 Å². The Labute approximate surface area is 136 Å². The van der Waals surface area contributed by atoms with Crippen molar-refractivity contribution in [1.29, 1.82) is 0 Å². The SMILES string of the molecule is c1ccc(PCCPc2ccc(-c3ccccc3)cc2)cc1. The van der Waals surface area contributed by atoms with E-state index in [1.54, 1.807) is 0 Å². The molecule has 110 valence electrons. The van der Waals surface area contributed by atoms with Gasteiger partial charge in [0.05, 0.1) is 0 Å². The monoisotopic (exact) mass is 322 g/mol. The lowest BCUT2D eigenvalue weighted by atomic mass is 10.1. The second-order valence-electron chi connectivity index (χ2n) is 5.16. The molecule has 22 heavy (non-hydrogen) atoms. The van der Waals surface area contributed by atoms with Gasteiger partial charge in [-0.3, -0.25) is 0 Å². The van der Waals surface area contributed by atoms with Crippen molar-refractivity contribution >= 4 is 27.8 Å². The fourth-order valence-corrected chi connectivity index (χ4v) is 4.79. The molecule has 0 N–H and O–H groups in total. The van der Waals surface area contributed by atoms with Crippen LogP contribution in [0.25, 0.3) is 11.1 Å². The maximum absolute atomic E-state index is 2.28. The fraction of sp³-hybridized carbons (Fsp3) is 0.100. The molecule has 2 heteroatoms. The highest BCUT2D eigenvalue weighted by Gasteiger charge is 1.98. The molecule has 0 aliphatic carbocycles. The Bertz CT molecular complexity index is 676. The first-order valence-corrected chi connectivity index (χ1v) is 10.0. The minimum atomic E-state index is 0.917. The minimum Gasteiger partial charge on any atom is -0.0900 e. The van der Waals surface area contributed by atoms with E-state index < -0.39 is 0 Å². The van der Waals surface area contributed by atoms with Crippen molar-refractivity contribution < 1.29 is 0 Å². The van der Waals surface area contributed by atoms with Crippen LogP contribution in [0.2, 0.25) is 0 Å². The molecule has 0 aliphatic heterocycles. The van der Waals surface area contributed by atoms with Crippen molar-refractivity contribution in [3.63, 3.8) is 0 Å². The molecule has 0 fully saturated rings.